The third-order valence-corrected chi connectivity index (χ3v) is 0. The first-order chi connectivity index (χ1) is 1.00. The van der Waals surface area contributed by atoms with Crippen LogP contribution in [0.4, 0.5) is 0 Å². The molecule has 0 saturated heterocycles. The summed E-state index contributed by atoms with van der Waals surface area (Å²) in [5.74, 6) is 0. The van der Waals surface area contributed by atoms with Gasteiger partial charge >= 0.3 is 51.4 Å². The molecule has 0 aliphatic rings. The molecule has 4 heavy (non-hydrogen) atoms. The number of hydrogen-bond donors (Lipinski definition) is 2. The summed E-state index contributed by atoms with van der Waals surface area (Å²) in [6.45, 7) is 0. The molecule has 0 fully saturated rings. The molecule has 0 aromatic carbocycles. The van der Waals surface area contributed by atoms with Gasteiger partial charge < -0.3 is 0 Å². The monoisotopic (exact) mass is 129 g/mol. The van der Waals surface area contributed by atoms with Crippen LogP contribution < -0.4 is 0 Å². The van der Waals surface area contributed by atoms with Gasteiger partial charge in [0.05, 0.1) is 0 Å². The van der Waals surface area contributed by atoms with Crippen molar-refractivity contribution in [2.24, 2.45) is 0 Å². The van der Waals surface area contributed by atoms with Crippen LogP contribution in [-0.4, -0.2) is 61.9 Å². The van der Waals surface area contributed by atoms with Gasteiger partial charge in [-0.2, -0.15) is 0 Å². The summed E-state index contributed by atoms with van der Waals surface area (Å²) in [5, 5.41) is 12.0. The second kappa shape index (κ2) is 19.6. The molecule has 0 amide bonds. The van der Waals surface area contributed by atoms with E-state index < -0.39 is 0 Å². The van der Waals surface area contributed by atoms with E-state index >= 15 is 0 Å². The maximum absolute atomic E-state index is 6.00. The average Bonchev–Trinajstić information content (AvgIpc) is 1.00. The Labute approximate surface area is 77.4 Å². The second-order valence-corrected chi connectivity index (χ2v) is 0. The van der Waals surface area contributed by atoms with E-state index in [0.29, 0.717) is 0 Å². The van der Waals surface area contributed by atoms with Gasteiger partial charge in [0.1, 0.15) is 0 Å². The fraction of sp³-hybridized carbons (Fsp3) is 0. The Morgan fingerprint density at radius 1 is 1.00 bits per heavy atom. The van der Waals surface area contributed by atoms with Gasteiger partial charge in [-0.15, -0.1) is 0 Å². The SMILES string of the molecule is OO.[KH].[Mn]. The van der Waals surface area contributed by atoms with Crippen molar-refractivity contribution in [2.45, 2.75) is 0 Å². The summed E-state index contributed by atoms with van der Waals surface area (Å²) in [4.78, 5) is 0. The quantitative estimate of drug-likeness (QED) is 0.259. The summed E-state index contributed by atoms with van der Waals surface area (Å²) in [6, 6.07) is 0. The van der Waals surface area contributed by atoms with Crippen molar-refractivity contribution in [3.8, 4) is 0 Å². The van der Waals surface area contributed by atoms with E-state index in [2.05, 4.69) is 0 Å². The zero-order valence-electron chi connectivity index (χ0n) is 1.27. The van der Waals surface area contributed by atoms with Gasteiger partial charge in [-0.1, -0.05) is 0 Å². The van der Waals surface area contributed by atoms with Crippen molar-refractivity contribution in [3.63, 3.8) is 0 Å². The van der Waals surface area contributed by atoms with Crippen molar-refractivity contribution in [2.75, 3.05) is 0 Å². The molecule has 0 rings (SSSR count). The van der Waals surface area contributed by atoms with E-state index in [-0.39, 0.29) is 68.5 Å². The molecule has 0 aromatic rings. The van der Waals surface area contributed by atoms with Crippen LogP contribution in [0.3, 0.4) is 0 Å². The number of rotatable bonds is 0. The van der Waals surface area contributed by atoms with Crippen LogP contribution in [0, 0.1) is 0 Å². The fourth-order valence-electron chi connectivity index (χ4n) is 0. The molecule has 0 saturated carbocycles. The zero-order valence-corrected chi connectivity index (χ0v) is 2.45. The summed E-state index contributed by atoms with van der Waals surface area (Å²) < 4.78 is 0. The smallest absolute Gasteiger partial charge is 0 e. The van der Waals surface area contributed by atoms with E-state index in [1.165, 1.54) is 0 Å². The van der Waals surface area contributed by atoms with Crippen molar-refractivity contribution in [3.05, 3.63) is 0 Å². The number of hydrogen-bond acceptors (Lipinski definition) is 2. The molecule has 0 spiro atoms. The standard InChI is InChI=1S/K.Mn.H2O2.H/c;;1-2;/h;;1-2H;. The summed E-state index contributed by atoms with van der Waals surface area (Å²) in [7, 11) is 0. The van der Waals surface area contributed by atoms with Crippen LogP contribution >= 0.6 is 0 Å². The van der Waals surface area contributed by atoms with Crippen LogP contribution in [0.1, 0.15) is 0 Å². The van der Waals surface area contributed by atoms with Crippen molar-refractivity contribution >= 4 is 51.4 Å². The molecule has 0 atom stereocenters. The molecule has 0 unspecified atom stereocenters. The fourth-order valence-corrected chi connectivity index (χ4v) is 0. The molecule has 0 aliphatic heterocycles. The summed E-state index contributed by atoms with van der Waals surface area (Å²) in [6.07, 6.45) is 0. The average molecular weight is 129 g/mol. The van der Waals surface area contributed by atoms with Crippen molar-refractivity contribution < 1.29 is 27.6 Å². The Morgan fingerprint density at radius 2 is 1.00 bits per heavy atom. The maximum atomic E-state index is 6.00. The predicted octanol–water partition coefficient (Wildman–Crippen LogP) is -0.634. The minimum Gasteiger partial charge on any atom is 0 e. The molecule has 23 valence electrons. The molecule has 2 N–H and O–H groups in total. The Morgan fingerprint density at radius 3 is 1.00 bits per heavy atom. The predicted molar refractivity (Wildman–Crippen MR) is 12.4 cm³/mol. The zero-order chi connectivity index (χ0) is 2.00. The van der Waals surface area contributed by atoms with Gasteiger partial charge in [-0.25, -0.2) is 0 Å². The van der Waals surface area contributed by atoms with Gasteiger partial charge in [-0.05, 0) is 0 Å². The Hall–Kier alpha value is 2.08. The van der Waals surface area contributed by atoms with Gasteiger partial charge in [-0.3, -0.25) is 10.5 Å². The van der Waals surface area contributed by atoms with Gasteiger partial charge in [0.15, 0.2) is 0 Å². The molecule has 0 bridgehead atoms. The van der Waals surface area contributed by atoms with Gasteiger partial charge in [0.2, 0.25) is 0 Å². The third kappa shape index (κ3) is 8.95. The first kappa shape index (κ1) is 16.5. The molecule has 0 aromatic heterocycles. The van der Waals surface area contributed by atoms with Crippen molar-refractivity contribution in [1.29, 1.82) is 0 Å². The van der Waals surface area contributed by atoms with Crippen LogP contribution in [0.2, 0.25) is 0 Å². The minimum absolute atomic E-state index is 0. The Bertz CT molecular complexity index is 6.00. The normalized spacial score (nSPS) is 1.50. The van der Waals surface area contributed by atoms with Gasteiger partial charge in [0, 0.05) is 17.1 Å². The molecule has 2 nitrogen and oxygen atoms in total. The summed E-state index contributed by atoms with van der Waals surface area (Å²) >= 11 is 0. The van der Waals surface area contributed by atoms with Crippen LogP contribution in [0.25, 0.3) is 0 Å². The molecule has 0 heterocycles. The van der Waals surface area contributed by atoms with E-state index in [1.54, 1.807) is 0 Å². The van der Waals surface area contributed by atoms with E-state index in [4.69, 9.17) is 10.5 Å². The molecular weight excluding hydrogens is 126 g/mol. The first-order valence-electron chi connectivity index (χ1n) is 0.200. The van der Waals surface area contributed by atoms with Crippen LogP contribution in [0.15, 0.2) is 0 Å². The maximum Gasteiger partial charge on any atom is 0 e. The first-order valence-corrected chi connectivity index (χ1v) is 0.200. The topological polar surface area (TPSA) is 40.5 Å². The molecular formula is H3KMnO2. The van der Waals surface area contributed by atoms with Gasteiger partial charge in [0.25, 0.3) is 0 Å². The summed E-state index contributed by atoms with van der Waals surface area (Å²) in [5.41, 5.74) is 0. The molecule has 0 aliphatic carbocycles. The Kier molecular flexibility index (Phi) is 80.9. The van der Waals surface area contributed by atoms with Crippen molar-refractivity contribution in [1.82, 2.24) is 0 Å². The Balaban J connectivity index is -0.00000000500. The van der Waals surface area contributed by atoms with E-state index in [1.807, 2.05) is 0 Å². The molecule has 1 radical (unpaired) electrons. The second-order valence-electron chi connectivity index (χ2n) is 0. The van der Waals surface area contributed by atoms with E-state index in [9.17, 15) is 0 Å². The van der Waals surface area contributed by atoms with E-state index in [0.717, 1.165) is 0 Å². The van der Waals surface area contributed by atoms with Crippen LogP contribution in [-0.2, 0) is 17.1 Å². The third-order valence-electron chi connectivity index (χ3n) is 0. The largest absolute Gasteiger partial charge is 0 e. The van der Waals surface area contributed by atoms with Crippen LogP contribution in [0.5, 0.6) is 0 Å². The minimum atomic E-state index is 0. The molecule has 4 heteroatoms.